The number of hydrogen-bond donors (Lipinski definition) is 3. The Labute approximate surface area is 110 Å². The van der Waals surface area contributed by atoms with Gasteiger partial charge in [0.25, 0.3) is 0 Å². The number of carbonyl (C=O) groups excluding carboxylic acids is 1. The van der Waals surface area contributed by atoms with Crippen LogP contribution in [0.2, 0.25) is 0 Å². The number of esters is 1. The van der Waals surface area contributed by atoms with Gasteiger partial charge in [0.15, 0.2) is 0 Å². The third-order valence-corrected chi connectivity index (χ3v) is 3.74. The zero-order valence-corrected chi connectivity index (χ0v) is 11.1. The Hall–Kier alpha value is -1.48. The van der Waals surface area contributed by atoms with Gasteiger partial charge >= 0.3 is 5.97 Å². The predicted octanol–water partition coefficient (Wildman–Crippen LogP) is -0.895. The van der Waals surface area contributed by atoms with Crippen LogP contribution in [0.3, 0.4) is 0 Å². The summed E-state index contributed by atoms with van der Waals surface area (Å²) >= 11 is 0. The van der Waals surface area contributed by atoms with Gasteiger partial charge in [-0.05, 0) is 24.3 Å². The van der Waals surface area contributed by atoms with Crippen LogP contribution >= 0.6 is 0 Å². The average Bonchev–Trinajstić information content (AvgIpc) is 2.44. The van der Waals surface area contributed by atoms with E-state index in [0.29, 0.717) is 0 Å². The Bertz CT molecular complexity index is 525. The summed E-state index contributed by atoms with van der Waals surface area (Å²) in [7, 11) is -2.56. The first kappa shape index (κ1) is 15.6. The van der Waals surface area contributed by atoms with Crippen LogP contribution in [-0.2, 0) is 14.8 Å². The normalized spacial score (nSPS) is 13.0. The monoisotopic (exact) mass is 289 g/mol. The van der Waals surface area contributed by atoms with E-state index in [1.165, 1.54) is 31.4 Å². The number of carbonyl (C=O) groups is 1. The first-order chi connectivity index (χ1) is 8.90. The van der Waals surface area contributed by atoms with Crippen LogP contribution in [0.1, 0.15) is 10.4 Å². The zero-order valence-electron chi connectivity index (χ0n) is 10.2. The minimum Gasteiger partial charge on any atom is -0.465 e. The highest BCUT2D eigenvalue weighted by Crippen LogP contribution is 2.11. The maximum atomic E-state index is 11.8. The van der Waals surface area contributed by atoms with Crippen molar-refractivity contribution in [3.8, 4) is 0 Å². The lowest BCUT2D eigenvalue weighted by Crippen LogP contribution is -2.33. The van der Waals surface area contributed by atoms with E-state index in [2.05, 4.69) is 9.46 Å². The molecule has 0 spiro atoms. The van der Waals surface area contributed by atoms with E-state index in [1.807, 2.05) is 0 Å². The summed E-state index contributed by atoms with van der Waals surface area (Å²) in [6.07, 6.45) is -1.16. The van der Waals surface area contributed by atoms with E-state index in [1.54, 1.807) is 0 Å². The molecule has 0 radical (unpaired) electrons. The average molecular weight is 289 g/mol. The highest BCUT2D eigenvalue weighted by Gasteiger charge is 2.16. The SMILES string of the molecule is COC(=O)c1ccc(S(=O)(=O)NCC(O)CO)cc1. The molecule has 1 rings (SSSR count). The second-order valence-electron chi connectivity index (χ2n) is 3.70. The third kappa shape index (κ3) is 4.28. The molecule has 8 heteroatoms. The van der Waals surface area contributed by atoms with Crippen LogP contribution in [-0.4, -0.2) is 51.0 Å². The van der Waals surface area contributed by atoms with Gasteiger partial charge in [-0.2, -0.15) is 0 Å². The molecule has 0 amide bonds. The van der Waals surface area contributed by atoms with Crippen molar-refractivity contribution < 1.29 is 28.2 Å². The minimum absolute atomic E-state index is 0.0507. The summed E-state index contributed by atoms with van der Waals surface area (Å²) in [5.74, 6) is -0.562. The molecule has 0 bridgehead atoms. The van der Waals surface area contributed by atoms with E-state index in [4.69, 9.17) is 10.2 Å². The highest BCUT2D eigenvalue weighted by molar-refractivity contribution is 7.89. The Morgan fingerprint density at radius 1 is 1.37 bits per heavy atom. The number of hydrogen-bond acceptors (Lipinski definition) is 6. The van der Waals surface area contributed by atoms with Crippen LogP contribution in [0.5, 0.6) is 0 Å². The molecule has 1 aromatic carbocycles. The Morgan fingerprint density at radius 2 is 1.95 bits per heavy atom. The van der Waals surface area contributed by atoms with Crippen LogP contribution in [0, 0.1) is 0 Å². The molecule has 1 unspecified atom stereocenters. The van der Waals surface area contributed by atoms with Crippen molar-refractivity contribution in [1.29, 1.82) is 0 Å². The van der Waals surface area contributed by atoms with Crippen LogP contribution in [0.15, 0.2) is 29.2 Å². The number of aliphatic hydroxyl groups is 2. The number of methoxy groups -OCH3 is 1. The van der Waals surface area contributed by atoms with Crippen molar-refractivity contribution in [2.75, 3.05) is 20.3 Å². The highest BCUT2D eigenvalue weighted by atomic mass is 32.2. The quantitative estimate of drug-likeness (QED) is 0.585. The minimum atomic E-state index is -3.79. The summed E-state index contributed by atoms with van der Waals surface area (Å²) < 4.78 is 30.2. The second kappa shape index (κ2) is 6.62. The van der Waals surface area contributed by atoms with Crippen molar-refractivity contribution in [2.45, 2.75) is 11.0 Å². The van der Waals surface area contributed by atoms with Crippen molar-refractivity contribution >= 4 is 16.0 Å². The number of benzene rings is 1. The van der Waals surface area contributed by atoms with E-state index >= 15 is 0 Å². The molecule has 0 heterocycles. The standard InChI is InChI=1S/C11H15NO6S/c1-18-11(15)8-2-4-10(5-3-8)19(16,17)12-6-9(14)7-13/h2-5,9,12-14H,6-7H2,1H3. The largest absolute Gasteiger partial charge is 0.465 e. The van der Waals surface area contributed by atoms with Crippen molar-refractivity contribution in [2.24, 2.45) is 0 Å². The Morgan fingerprint density at radius 3 is 2.42 bits per heavy atom. The summed E-state index contributed by atoms with van der Waals surface area (Å²) in [6, 6.07) is 5.14. The van der Waals surface area contributed by atoms with Crippen molar-refractivity contribution in [3.63, 3.8) is 0 Å². The van der Waals surface area contributed by atoms with E-state index < -0.39 is 28.7 Å². The molecule has 1 aromatic rings. The molecule has 0 aliphatic rings. The number of aliphatic hydroxyl groups excluding tert-OH is 2. The smallest absolute Gasteiger partial charge is 0.337 e. The van der Waals surface area contributed by atoms with Gasteiger partial charge in [0.1, 0.15) is 0 Å². The number of sulfonamides is 1. The van der Waals surface area contributed by atoms with Crippen LogP contribution < -0.4 is 4.72 Å². The molecule has 1 atom stereocenters. The molecule has 0 aliphatic carbocycles. The van der Waals surface area contributed by atoms with Gasteiger partial charge in [0.05, 0.1) is 30.3 Å². The number of rotatable bonds is 6. The van der Waals surface area contributed by atoms with Gasteiger partial charge in [0, 0.05) is 6.54 Å². The Balaban J connectivity index is 2.82. The molecular formula is C11H15NO6S. The first-order valence-corrected chi connectivity index (χ1v) is 6.86. The lowest BCUT2D eigenvalue weighted by Gasteiger charge is -2.10. The van der Waals surface area contributed by atoms with Gasteiger partial charge in [-0.1, -0.05) is 0 Å². The van der Waals surface area contributed by atoms with Crippen molar-refractivity contribution in [3.05, 3.63) is 29.8 Å². The fourth-order valence-corrected chi connectivity index (χ4v) is 2.31. The molecule has 0 aromatic heterocycles. The molecule has 19 heavy (non-hydrogen) atoms. The maximum Gasteiger partial charge on any atom is 0.337 e. The third-order valence-electron chi connectivity index (χ3n) is 2.31. The van der Waals surface area contributed by atoms with E-state index in [9.17, 15) is 13.2 Å². The summed E-state index contributed by atoms with van der Waals surface area (Å²) in [6.45, 7) is -0.832. The molecule has 0 aliphatic heterocycles. The molecule has 7 nitrogen and oxygen atoms in total. The van der Waals surface area contributed by atoms with Crippen LogP contribution in [0.4, 0.5) is 0 Å². The lowest BCUT2D eigenvalue weighted by molar-refractivity contribution is 0.0600. The number of nitrogens with one attached hydrogen (secondary N) is 1. The second-order valence-corrected chi connectivity index (χ2v) is 5.47. The maximum absolute atomic E-state index is 11.8. The zero-order chi connectivity index (χ0) is 14.5. The van der Waals surface area contributed by atoms with E-state index in [-0.39, 0.29) is 17.0 Å². The lowest BCUT2D eigenvalue weighted by atomic mass is 10.2. The van der Waals surface area contributed by atoms with Gasteiger partial charge in [-0.25, -0.2) is 17.9 Å². The van der Waals surface area contributed by atoms with E-state index in [0.717, 1.165) is 0 Å². The molecule has 0 saturated heterocycles. The molecule has 0 fully saturated rings. The van der Waals surface area contributed by atoms with Gasteiger partial charge < -0.3 is 14.9 Å². The summed E-state index contributed by atoms with van der Waals surface area (Å²) in [5.41, 5.74) is 0.233. The fraction of sp³-hybridized carbons (Fsp3) is 0.364. The molecule has 3 N–H and O–H groups in total. The van der Waals surface area contributed by atoms with Crippen molar-refractivity contribution in [1.82, 2.24) is 4.72 Å². The Kier molecular flexibility index (Phi) is 5.43. The molecule has 106 valence electrons. The predicted molar refractivity (Wildman–Crippen MR) is 66.1 cm³/mol. The van der Waals surface area contributed by atoms with Gasteiger partial charge in [-0.3, -0.25) is 0 Å². The first-order valence-electron chi connectivity index (χ1n) is 5.37. The fourth-order valence-electron chi connectivity index (χ4n) is 1.24. The summed E-state index contributed by atoms with van der Waals surface area (Å²) in [5, 5.41) is 17.7. The molecular weight excluding hydrogens is 274 g/mol. The number of ether oxygens (including phenoxy) is 1. The topological polar surface area (TPSA) is 113 Å². The molecule has 0 saturated carbocycles. The van der Waals surface area contributed by atoms with Gasteiger partial charge in [0.2, 0.25) is 10.0 Å². The van der Waals surface area contributed by atoms with Crippen LogP contribution in [0.25, 0.3) is 0 Å². The van der Waals surface area contributed by atoms with Gasteiger partial charge in [-0.15, -0.1) is 0 Å². The summed E-state index contributed by atoms with van der Waals surface area (Å²) in [4.78, 5) is 11.1.